The predicted molar refractivity (Wildman–Crippen MR) is 87.5 cm³/mol. The maximum Gasteiger partial charge on any atom is 0.0113 e. The van der Waals surface area contributed by atoms with Gasteiger partial charge in [0.1, 0.15) is 0 Å². The Labute approximate surface area is 130 Å². The third kappa shape index (κ3) is 2.89. The Morgan fingerprint density at radius 2 is 1.67 bits per heavy atom. The molecule has 3 heteroatoms. The summed E-state index contributed by atoms with van der Waals surface area (Å²) < 4.78 is 0. The highest BCUT2D eigenvalue weighted by Crippen LogP contribution is 2.36. The fourth-order valence-electron chi connectivity index (χ4n) is 5.81. The van der Waals surface area contributed by atoms with E-state index in [2.05, 4.69) is 22.6 Å². The summed E-state index contributed by atoms with van der Waals surface area (Å²) in [7, 11) is 2.37. The smallest absolute Gasteiger partial charge is 0.0113 e. The second-order valence-electron chi connectivity index (χ2n) is 8.14. The van der Waals surface area contributed by atoms with Gasteiger partial charge in [0.25, 0.3) is 0 Å². The lowest BCUT2D eigenvalue weighted by molar-refractivity contribution is 0.0438. The summed E-state index contributed by atoms with van der Waals surface area (Å²) >= 11 is 0. The van der Waals surface area contributed by atoms with E-state index < -0.39 is 0 Å². The molecule has 1 saturated carbocycles. The maximum absolute atomic E-state index is 4.13. The number of fused-ring (bicyclic) bond motifs is 2. The second-order valence-corrected chi connectivity index (χ2v) is 8.14. The Morgan fingerprint density at radius 1 is 0.905 bits per heavy atom. The van der Waals surface area contributed by atoms with Gasteiger partial charge in [0, 0.05) is 30.2 Å². The molecule has 5 unspecified atom stereocenters. The summed E-state index contributed by atoms with van der Waals surface area (Å²) in [5, 5.41) is 7.89. The third-order valence-corrected chi connectivity index (χ3v) is 6.97. The van der Waals surface area contributed by atoms with E-state index in [1.807, 2.05) is 0 Å². The minimum absolute atomic E-state index is 0.795. The van der Waals surface area contributed by atoms with Crippen molar-refractivity contribution in [3.63, 3.8) is 0 Å². The van der Waals surface area contributed by atoms with Gasteiger partial charge in [0.05, 0.1) is 0 Å². The average Bonchev–Trinajstić information content (AvgIpc) is 3.10. The number of nitrogens with one attached hydrogen (secondary N) is 2. The molecule has 120 valence electrons. The molecule has 4 fully saturated rings. The molecule has 3 saturated heterocycles. The van der Waals surface area contributed by atoms with Gasteiger partial charge in [-0.15, -0.1) is 0 Å². The molecule has 3 heterocycles. The quantitative estimate of drug-likeness (QED) is 0.836. The molecule has 0 aromatic rings. The summed E-state index contributed by atoms with van der Waals surface area (Å²) in [5.74, 6) is 0.909. The van der Waals surface area contributed by atoms with E-state index in [4.69, 9.17) is 0 Å². The summed E-state index contributed by atoms with van der Waals surface area (Å²) in [6.45, 7) is 1.26. The van der Waals surface area contributed by atoms with Crippen LogP contribution in [0.5, 0.6) is 0 Å². The molecule has 21 heavy (non-hydrogen) atoms. The monoisotopic (exact) mass is 291 g/mol. The van der Waals surface area contributed by atoms with E-state index in [-0.39, 0.29) is 0 Å². The van der Waals surface area contributed by atoms with E-state index in [0.717, 1.165) is 36.1 Å². The lowest BCUT2D eigenvalue weighted by atomic mass is 9.81. The van der Waals surface area contributed by atoms with Crippen LogP contribution in [0.1, 0.15) is 64.2 Å². The zero-order chi connectivity index (χ0) is 14.2. The number of hydrogen-bond acceptors (Lipinski definition) is 3. The fraction of sp³-hybridized carbons (Fsp3) is 1.00. The van der Waals surface area contributed by atoms with E-state index in [0.29, 0.717) is 0 Å². The zero-order valence-corrected chi connectivity index (χ0v) is 13.7. The number of nitrogens with zero attached hydrogens (tertiary/aromatic N) is 1. The molecule has 0 amide bonds. The molecule has 0 aromatic carbocycles. The van der Waals surface area contributed by atoms with Crippen LogP contribution in [-0.2, 0) is 0 Å². The van der Waals surface area contributed by atoms with Crippen LogP contribution < -0.4 is 10.6 Å². The van der Waals surface area contributed by atoms with E-state index >= 15 is 0 Å². The highest BCUT2D eigenvalue weighted by atomic mass is 15.2. The Balaban J connectivity index is 1.37. The first-order valence-corrected chi connectivity index (χ1v) is 9.52. The molecular formula is C18H33N3. The van der Waals surface area contributed by atoms with Gasteiger partial charge >= 0.3 is 0 Å². The molecule has 4 aliphatic rings. The van der Waals surface area contributed by atoms with Crippen LogP contribution in [0.15, 0.2) is 0 Å². The molecule has 1 aliphatic carbocycles. The van der Waals surface area contributed by atoms with Crippen molar-refractivity contribution in [2.75, 3.05) is 13.6 Å². The lowest BCUT2D eigenvalue weighted by Gasteiger charge is -2.48. The number of rotatable bonds is 3. The van der Waals surface area contributed by atoms with Gasteiger partial charge in [0.2, 0.25) is 0 Å². The molecule has 3 nitrogen and oxygen atoms in total. The highest BCUT2D eigenvalue weighted by molar-refractivity contribution is 4.98. The van der Waals surface area contributed by atoms with Gasteiger partial charge in [-0.2, -0.15) is 0 Å². The maximum atomic E-state index is 4.13. The molecule has 0 aromatic heterocycles. The van der Waals surface area contributed by atoms with E-state index in [9.17, 15) is 0 Å². The Hall–Kier alpha value is -0.120. The second kappa shape index (κ2) is 6.17. The minimum atomic E-state index is 0.795. The molecule has 0 spiro atoms. The molecule has 4 rings (SSSR count). The van der Waals surface area contributed by atoms with Crippen LogP contribution >= 0.6 is 0 Å². The SMILES string of the molecule is CN1C2CCCC1CC(NC1CCCC1C1CCCN1)C2. The normalized spacial score (nSPS) is 47.9. The van der Waals surface area contributed by atoms with Crippen LogP contribution in [0.4, 0.5) is 0 Å². The van der Waals surface area contributed by atoms with Gasteiger partial charge in [-0.1, -0.05) is 12.8 Å². The van der Waals surface area contributed by atoms with E-state index in [1.165, 1.54) is 70.8 Å². The predicted octanol–water partition coefficient (Wildman–Crippen LogP) is 2.51. The van der Waals surface area contributed by atoms with Crippen LogP contribution in [-0.4, -0.2) is 48.7 Å². The molecular weight excluding hydrogens is 258 g/mol. The number of piperidine rings is 2. The topological polar surface area (TPSA) is 27.3 Å². The Morgan fingerprint density at radius 3 is 2.38 bits per heavy atom. The van der Waals surface area contributed by atoms with E-state index in [1.54, 1.807) is 0 Å². The van der Waals surface area contributed by atoms with Crippen molar-refractivity contribution in [2.45, 2.75) is 94.4 Å². The summed E-state index contributed by atoms with van der Waals surface area (Å²) in [6, 6.07) is 4.13. The van der Waals surface area contributed by atoms with Gasteiger partial charge in [-0.3, -0.25) is 0 Å². The molecule has 3 aliphatic heterocycles. The highest BCUT2D eigenvalue weighted by Gasteiger charge is 2.40. The van der Waals surface area contributed by atoms with Crippen LogP contribution in [0.2, 0.25) is 0 Å². The summed E-state index contributed by atoms with van der Waals surface area (Å²) in [6.07, 6.45) is 14.3. The lowest BCUT2D eigenvalue weighted by Crippen LogP contribution is -2.57. The van der Waals surface area contributed by atoms with Gasteiger partial charge in [-0.25, -0.2) is 0 Å². The molecule has 0 radical (unpaired) electrons. The standard InChI is InChI=1S/C18H33N3/c1-21-14-5-2-6-15(21)12-13(11-14)20-18-8-3-7-16(18)17-9-4-10-19-17/h13-20H,2-12H2,1H3. The van der Waals surface area contributed by atoms with Gasteiger partial charge in [-0.05, 0) is 70.9 Å². The number of hydrogen-bond donors (Lipinski definition) is 2. The van der Waals surface area contributed by atoms with Crippen molar-refractivity contribution in [1.29, 1.82) is 0 Å². The zero-order valence-electron chi connectivity index (χ0n) is 13.7. The van der Waals surface area contributed by atoms with Gasteiger partial charge < -0.3 is 15.5 Å². The fourth-order valence-corrected chi connectivity index (χ4v) is 5.81. The minimum Gasteiger partial charge on any atom is -0.314 e. The average molecular weight is 291 g/mol. The van der Waals surface area contributed by atoms with Crippen molar-refractivity contribution in [1.82, 2.24) is 15.5 Å². The van der Waals surface area contributed by atoms with Crippen molar-refractivity contribution in [2.24, 2.45) is 5.92 Å². The summed E-state index contributed by atoms with van der Waals surface area (Å²) in [5.41, 5.74) is 0. The first kappa shape index (κ1) is 14.5. The van der Waals surface area contributed by atoms with Crippen molar-refractivity contribution < 1.29 is 0 Å². The van der Waals surface area contributed by atoms with Gasteiger partial charge in [0.15, 0.2) is 0 Å². The van der Waals surface area contributed by atoms with Crippen LogP contribution in [0.3, 0.4) is 0 Å². The molecule has 5 atom stereocenters. The third-order valence-electron chi connectivity index (χ3n) is 6.97. The van der Waals surface area contributed by atoms with Crippen molar-refractivity contribution in [3.05, 3.63) is 0 Å². The first-order chi connectivity index (χ1) is 10.3. The Bertz CT molecular complexity index is 338. The summed E-state index contributed by atoms with van der Waals surface area (Å²) in [4.78, 5) is 2.69. The Kier molecular flexibility index (Phi) is 4.25. The molecule has 2 bridgehead atoms. The van der Waals surface area contributed by atoms with Crippen LogP contribution in [0.25, 0.3) is 0 Å². The molecule has 2 N–H and O–H groups in total. The van der Waals surface area contributed by atoms with Crippen LogP contribution in [0, 0.1) is 5.92 Å². The first-order valence-electron chi connectivity index (χ1n) is 9.52. The largest absolute Gasteiger partial charge is 0.314 e. The van der Waals surface area contributed by atoms with Crippen molar-refractivity contribution >= 4 is 0 Å². The van der Waals surface area contributed by atoms with Crippen molar-refractivity contribution in [3.8, 4) is 0 Å².